The van der Waals surface area contributed by atoms with Crippen LogP contribution in [0.25, 0.3) is 10.9 Å². The lowest BCUT2D eigenvalue weighted by Crippen LogP contribution is -2.61. The number of carboxylic acids is 4. The highest BCUT2D eigenvalue weighted by atomic mass is 16.4. The minimum Gasteiger partial charge on any atom is -0.480 e. The van der Waals surface area contributed by atoms with Crippen LogP contribution in [0.5, 0.6) is 0 Å². The van der Waals surface area contributed by atoms with Crippen LogP contribution in [0.3, 0.4) is 0 Å². The SMILES string of the molecule is NCCCCCC(=O)NC(C(=O)O)C(NC(=O)c1ccc2c(cnn2CCCNc2ncc[nH]2)c1)C(=O)CN1CCN(CC(=O)O)CCN(CC(=O)O)CCN(CC(=O)O)CC1. The highest BCUT2D eigenvalue weighted by Gasteiger charge is 2.37. The Morgan fingerprint density at radius 2 is 1.31 bits per heavy atom. The second-order valence-electron chi connectivity index (χ2n) is 15.0. The first-order valence-electron chi connectivity index (χ1n) is 20.5. The van der Waals surface area contributed by atoms with E-state index in [0.717, 1.165) is 5.52 Å². The Bertz CT molecular complexity index is 1930. The van der Waals surface area contributed by atoms with Crippen molar-refractivity contribution in [1.82, 2.24) is 50.0 Å². The van der Waals surface area contributed by atoms with Crippen molar-refractivity contribution in [3.8, 4) is 0 Å². The third-order valence-corrected chi connectivity index (χ3v) is 10.3. The van der Waals surface area contributed by atoms with E-state index in [-0.39, 0.29) is 70.9 Å². The molecule has 23 nitrogen and oxygen atoms in total. The first-order chi connectivity index (χ1) is 29.7. The molecule has 62 heavy (non-hydrogen) atoms. The van der Waals surface area contributed by atoms with Crippen LogP contribution < -0.4 is 21.7 Å². The number of hydrogen-bond donors (Lipinski definition) is 9. The smallest absolute Gasteiger partial charge is 0.328 e. The lowest BCUT2D eigenvalue weighted by Gasteiger charge is -2.33. The second-order valence-corrected chi connectivity index (χ2v) is 15.0. The molecule has 4 rings (SSSR count). The zero-order chi connectivity index (χ0) is 45.0. The number of benzene rings is 1. The average molecular weight is 871 g/mol. The number of carbonyl (C=O) groups excluding carboxylic acids is 3. The van der Waals surface area contributed by atoms with Crippen LogP contribution in [0.15, 0.2) is 36.8 Å². The first kappa shape index (κ1) is 48.7. The van der Waals surface area contributed by atoms with Gasteiger partial charge in [0.05, 0.1) is 37.9 Å². The second kappa shape index (κ2) is 25.1. The van der Waals surface area contributed by atoms with E-state index in [1.54, 1.807) is 55.0 Å². The van der Waals surface area contributed by atoms with E-state index in [1.165, 1.54) is 6.07 Å². The van der Waals surface area contributed by atoms with Crippen molar-refractivity contribution in [3.63, 3.8) is 0 Å². The number of fused-ring (bicyclic) bond motifs is 1. The van der Waals surface area contributed by atoms with E-state index >= 15 is 0 Å². The Hall–Kier alpha value is -6.01. The number of unbranched alkanes of at least 4 members (excludes halogenated alkanes) is 2. The van der Waals surface area contributed by atoms with Gasteiger partial charge in [0.25, 0.3) is 5.91 Å². The molecule has 2 aromatic heterocycles. The van der Waals surface area contributed by atoms with Gasteiger partial charge in [-0.1, -0.05) is 6.42 Å². The Labute approximate surface area is 357 Å². The number of nitrogens with two attached hydrogens (primary N) is 1. The quantitative estimate of drug-likeness (QED) is 0.0462. The van der Waals surface area contributed by atoms with Crippen molar-refractivity contribution in [2.24, 2.45) is 5.73 Å². The number of amides is 2. The van der Waals surface area contributed by atoms with Crippen LogP contribution in [0, 0.1) is 0 Å². The maximum Gasteiger partial charge on any atom is 0.328 e. The lowest BCUT2D eigenvalue weighted by molar-refractivity contribution is -0.144. The summed E-state index contributed by atoms with van der Waals surface area (Å²) >= 11 is 0. The summed E-state index contributed by atoms with van der Waals surface area (Å²) in [4.78, 5) is 103. The summed E-state index contributed by atoms with van der Waals surface area (Å²) in [6, 6.07) is 1.12. The monoisotopic (exact) mass is 870 g/mol. The van der Waals surface area contributed by atoms with E-state index in [9.17, 15) is 54.0 Å². The largest absolute Gasteiger partial charge is 0.480 e. The molecule has 10 N–H and O–H groups in total. The standard InChI is InChI=1S/C39H58N12O11/c40-8-3-1-2-5-31(53)45-36(38(61)62)35(46-37(60)27-6-7-29-28(21-27)22-44-51(29)12-4-9-41-39-42-10-11-43-39)30(52)23-47-13-15-48(24-32(54)55)17-19-50(26-34(58)59)20-18-49(16-14-47)25-33(56)57/h6-7,10-11,21-22,35-36H,1-5,8-9,12-20,23-26,40H2,(H,45,53)(H,46,60)(H,54,55)(H,56,57)(H,58,59)(H,61,62)(H2,41,42,43). The van der Waals surface area contributed by atoms with Crippen LogP contribution in [0.2, 0.25) is 0 Å². The van der Waals surface area contributed by atoms with Crippen LogP contribution in [-0.4, -0.2) is 205 Å². The highest BCUT2D eigenvalue weighted by Crippen LogP contribution is 2.17. The molecule has 0 aliphatic carbocycles. The Morgan fingerprint density at radius 3 is 1.82 bits per heavy atom. The number of imidazole rings is 1. The van der Waals surface area contributed by atoms with Gasteiger partial charge in [0.2, 0.25) is 5.91 Å². The average Bonchev–Trinajstić information content (AvgIpc) is 3.89. The van der Waals surface area contributed by atoms with E-state index < -0.39 is 73.2 Å². The van der Waals surface area contributed by atoms with Crippen molar-refractivity contribution in [3.05, 3.63) is 42.4 Å². The summed E-state index contributed by atoms with van der Waals surface area (Å²) < 4.78 is 1.77. The van der Waals surface area contributed by atoms with Gasteiger partial charge in [-0.2, -0.15) is 5.10 Å². The van der Waals surface area contributed by atoms with Gasteiger partial charge in [-0.3, -0.25) is 53.0 Å². The molecule has 1 fully saturated rings. The predicted octanol–water partition coefficient (Wildman–Crippen LogP) is -1.51. The van der Waals surface area contributed by atoms with Crippen LogP contribution >= 0.6 is 0 Å². The number of nitrogens with one attached hydrogen (secondary N) is 4. The number of carbonyl (C=O) groups is 7. The van der Waals surface area contributed by atoms with Crippen molar-refractivity contribution in [2.75, 3.05) is 96.9 Å². The molecule has 2 unspecified atom stereocenters. The van der Waals surface area contributed by atoms with Gasteiger partial charge in [0.15, 0.2) is 17.8 Å². The molecule has 1 aliphatic heterocycles. The number of aliphatic carboxylic acids is 4. The fraction of sp³-hybridized carbons (Fsp3) is 0.564. The minimum absolute atomic E-state index is 0.0486. The number of anilines is 1. The summed E-state index contributed by atoms with van der Waals surface area (Å²) in [6.45, 7) is 0.906. The number of ketones is 1. The van der Waals surface area contributed by atoms with Gasteiger partial charge in [0, 0.05) is 95.2 Å². The summed E-state index contributed by atoms with van der Waals surface area (Å²) in [5.41, 5.74) is 6.39. The molecule has 1 saturated heterocycles. The molecule has 1 aliphatic rings. The van der Waals surface area contributed by atoms with Crippen molar-refractivity contribution in [2.45, 2.75) is 50.7 Å². The lowest BCUT2D eigenvalue weighted by atomic mass is 10.0. The number of nitrogens with zero attached hydrogens (tertiary/aromatic N) is 7. The third-order valence-electron chi connectivity index (χ3n) is 10.3. The van der Waals surface area contributed by atoms with Gasteiger partial charge in [-0.15, -0.1) is 0 Å². The van der Waals surface area contributed by atoms with Gasteiger partial charge >= 0.3 is 23.9 Å². The fourth-order valence-electron chi connectivity index (χ4n) is 7.02. The number of rotatable bonds is 24. The van der Waals surface area contributed by atoms with Gasteiger partial charge in [0.1, 0.15) is 6.04 Å². The summed E-state index contributed by atoms with van der Waals surface area (Å²) in [5.74, 6) is -6.50. The molecular weight excluding hydrogens is 813 g/mol. The number of aryl methyl sites for hydroxylation is 1. The zero-order valence-electron chi connectivity index (χ0n) is 34.6. The number of Topliss-reactive ketones (excluding diaryl/α,β-unsaturated/α-hetero) is 1. The maximum absolute atomic E-state index is 14.4. The normalized spacial score (nSPS) is 16.1. The van der Waals surface area contributed by atoms with E-state index in [0.29, 0.717) is 56.7 Å². The molecular formula is C39H58N12O11. The van der Waals surface area contributed by atoms with E-state index in [2.05, 4.69) is 31.0 Å². The molecule has 0 saturated carbocycles. The molecule has 1 aromatic carbocycles. The van der Waals surface area contributed by atoms with Crippen molar-refractivity contribution < 1.29 is 54.0 Å². The summed E-state index contributed by atoms with van der Waals surface area (Å²) in [6.07, 6.45) is 7.27. The summed E-state index contributed by atoms with van der Waals surface area (Å²) in [7, 11) is 0. The fourth-order valence-corrected chi connectivity index (χ4v) is 7.02. The topological polar surface area (TPSA) is 322 Å². The third kappa shape index (κ3) is 16.5. The molecule has 2 amide bonds. The molecule has 0 spiro atoms. The highest BCUT2D eigenvalue weighted by molar-refractivity contribution is 6.03. The van der Waals surface area contributed by atoms with Crippen molar-refractivity contribution >= 4 is 58.3 Å². The van der Waals surface area contributed by atoms with E-state index in [4.69, 9.17) is 5.73 Å². The zero-order valence-corrected chi connectivity index (χ0v) is 34.6. The summed E-state index contributed by atoms with van der Waals surface area (Å²) in [5, 5.41) is 52.3. The number of H-pyrrole nitrogens is 1. The first-order valence-corrected chi connectivity index (χ1v) is 20.5. The van der Waals surface area contributed by atoms with Crippen LogP contribution in [0.4, 0.5) is 5.95 Å². The minimum atomic E-state index is -1.88. The van der Waals surface area contributed by atoms with Crippen molar-refractivity contribution in [1.29, 1.82) is 0 Å². The maximum atomic E-state index is 14.4. The molecule has 2 atom stereocenters. The van der Waals surface area contributed by atoms with Gasteiger partial charge in [-0.25, -0.2) is 9.78 Å². The van der Waals surface area contributed by atoms with Crippen LogP contribution in [-0.2, 0) is 35.3 Å². The predicted molar refractivity (Wildman–Crippen MR) is 223 cm³/mol. The van der Waals surface area contributed by atoms with Gasteiger partial charge in [-0.05, 0) is 44.0 Å². The van der Waals surface area contributed by atoms with Crippen LogP contribution in [0.1, 0.15) is 42.5 Å². The molecule has 23 heteroatoms. The molecule has 0 radical (unpaired) electrons. The Kier molecular flexibility index (Phi) is 19.7. The number of hydrogen-bond acceptors (Lipinski definition) is 15. The van der Waals surface area contributed by atoms with E-state index in [1.807, 2.05) is 0 Å². The number of aromatic amines is 1. The molecule has 0 bridgehead atoms. The van der Waals surface area contributed by atoms with Gasteiger partial charge < -0.3 is 47.1 Å². The Balaban J connectivity index is 1.57. The number of aromatic nitrogens is 4. The molecule has 340 valence electrons. The Morgan fingerprint density at radius 1 is 0.726 bits per heavy atom. The molecule has 3 aromatic rings. The molecule has 3 heterocycles. The number of carboxylic acid groups (broad SMARTS) is 4.